The van der Waals surface area contributed by atoms with E-state index >= 15 is 0 Å². The maximum atomic E-state index is 11.7. The van der Waals surface area contributed by atoms with Crippen LogP contribution in [0, 0.1) is 0 Å². The van der Waals surface area contributed by atoms with Crippen molar-refractivity contribution in [2.75, 3.05) is 6.61 Å². The van der Waals surface area contributed by atoms with Crippen LogP contribution >= 0.6 is 11.6 Å². The van der Waals surface area contributed by atoms with Crippen LogP contribution in [0.2, 0.25) is 5.02 Å². The molecule has 1 aromatic heterocycles. The molecule has 1 heterocycles. The molecule has 0 amide bonds. The van der Waals surface area contributed by atoms with Crippen molar-refractivity contribution in [1.82, 2.24) is 4.98 Å². The minimum Gasteiger partial charge on any atom is -0.486 e. The minimum absolute atomic E-state index is 0.00276. The first kappa shape index (κ1) is 12.6. The van der Waals surface area contributed by atoms with E-state index in [-0.39, 0.29) is 12.4 Å². The van der Waals surface area contributed by atoms with Gasteiger partial charge in [-0.3, -0.25) is 9.78 Å². The quantitative estimate of drug-likeness (QED) is 0.831. The number of rotatable bonds is 5. The number of aromatic nitrogens is 1. The molecular weight excluding hydrogens is 250 g/mol. The van der Waals surface area contributed by atoms with Crippen molar-refractivity contribution in [2.24, 2.45) is 0 Å². The molecule has 0 aliphatic heterocycles. The number of halogens is 1. The zero-order valence-corrected chi connectivity index (χ0v) is 10.4. The highest BCUT2D eigenvalue weighted by Gasteiger charge is 2.05. The SMILES string of the molecule is O=C(COc1cccc(Cl)c1)Cc1cccnc1. The van der Waals surface area contributed by atoms with Crippen LogP contribution in [-0.4, -0.2) is 17.4 Å². The predicted molar refractivity (Wildman–Crippen MR) is 69.9 cm³/mol. The fraction of sp³-hybridized carbons (Fsp3) is 0.143. The zero-order valence-electron chi connectivity index (χ0n) is 9.67. The molecule has 0 saturated heterocycles. The Balaban J connectivity index is 1.85. The zero-order chi connectivity index (χ0) is 12.8. The number of carbonyl (C=O) groups is 1. The number of hydrogen-bond acceptors (Lipinski definition) is 3. The molecule has 0 aliphatic carbocycles. The summed E-state index contributed by atoms with van der Waals surface area (Å²) in [5, 5.41) is 0.590. The lowest BCUT2D eigenvalue weighted by atomic mass is 10.1. The van der Waals surface area contributed by atoms with E-state index in [1.54, 1.807) is 42.7 Å². The first-order valence-corrected chi connectivity index (χ1v) is 5.91. The van der Waals surface area contributed by atoms with E-state index in [4.69, 9.17) is 16.3 Å². The fourth-order valence-corrected chi connectivity index (χ4v) is 1.68. The number of nitrogens with zero attached hydrogens (tertiary/aromatic N) is 1. The molecule has 0 bridgehead atoms. The van der Waals surface area contributed by atoms with Crippen LogP contribution < -0.4 is 4.74 Å². The first-order chi connectivity index (χ1) is 8.74. The van der Waals surface area contributed by atoms with Crippen molar-refractivity contribution >= 4 is 17.4 Å². The first-order valence-electron chi connectivity index (χ1n) is 5.53. The van der Waals surface area contributed by atoms with Crippen LogP contribution in [0.4, 0.5) is 0 Å². The summed E-state index contributed by atoms with van der Waals surface area (Å²) in [6.45, 7) is 0.0369. The van der Waals surface area contributed by atoms with E-state index in [2.05, 4.69) is 4.98 Å². The van der Waals surface area contributed by atoms with Crippen LogP contribution in [0.15, 0.2) is 48.8 Å². The fourth-order valence-electron chi connectivity index (χ4n) is 1.50. The molecule has 0 spiro atoms. The molecule has 0 atom stereocenters. The molecule has 0 radical (unpaired) electrons. The Labute approximate surface area is 110 Å². The molecule has 0 saturated carbocycles. The van der Waals surface area contributed by atoms with Crippen molar-refractivity contribution in [3.05, 3.63) is 59.4 Å². The van der Waals surface area contributed by atoms with Gasteiger partial charge in [-0.2, -0.15) is 0 Å². The summed E-state index contributed by atoms with van der Waals surface area (Å²) in [6.07, 6.45) is 3.68. The van der Waals surface area contributed by atoms with Crippen molar-refractivity contribution in [3.63, 3.8) is 0 Å². The van der Waals surface area contributed by atoms with Gasteiger partial charge >= 0.3 is 0 Å². The summed E-state index contributed by atoms with van der Waals surface area (Å²) in [5.41, 5.74) is 0.886. The van der Waals surface area contributed by atoms with Crippen LogP contribution in [0.25, 0.3) is 0 Å². The second kappa shape index (κ2) is 6.17. The second-order valence-corrected chi connectivity index (χ2v) is 4.26. The molecule has 0 aliphatic rings. The third-order valence-electron chi connectivity index (χ3n) is 2.32. The van der Waals surface area contributed by atoms with Gasteiger partial charge in [-0.25, -0.2) is 0 Å². The van der Waals surface area contributed by atoms with Gasteiger partial charge < -0.3 is 4.74 Å². The number of carbonyl (C=O) groups excluding carboxylic acids is 1. The molecule has 4 heteroatoms. The largest absolute Gasteiger partial charge is 0.486 e. The normalized spacial score (nSPS) is 10.1. The van der Waals surface area contributed by atoms with Crippen molar-refractivity contribution in [1.29, 1.82) is 0 Å². The van der Waals surface area contributed by atoms with Crippen molar-refractivity contribution < 1.29 is 9.53 Å². The number of hydrogen-bond donors (Lipinski definition) is 0. The molecule has 0 N–H and O–H groups in total. The Kier molecular flexibility index (Phi) is 4.31. The number of Topliss-reactive ketones (excluding diaryl/α,β-unsaturated/α-hetero) is 1. The summed E-state index contributed by atoms with van der Waals surface area (Å²) in [6, 6.07) is 10.7. The van der Waals surface area contributed by atoms with Gasteiger partial charge in [-0.1, -0.05) is 23.7 Å². The van der Waals surface area contributed by atoms with Crippen molar-refractivity contribution in [2.45, 2.75) is 6.42 Å². The maximum Gasteiger partial charge on any atom is 0.174 e. The average Bonchev–Trinajstić information content (AvgIpc) is 2.38. The monoisotopic (exact) mass is 261 g/mol. The highest BCUT2D eigenvalue weighted by Crippen LogP contribution is 2.17. The number of pyridine rings is 1. The van der Waals surface area contributed by atoms with Gasteiger partial charge in [0, 0.05) is 23.8 Å². The van der Waals surface area contributed by atoms with Crippen LogP contribution in [0.1, 0.15) is 5.56 Å². The van der Waals surface area contributed by atoms with E-state index in [0.717, 1.165) is 5.56 Å². The summed E-state index contributed by atoms with van der Waals surface area (Å²) in [7, 11) is 0. The minimum atomic E-state index is 0.00276. The summed E-state index contributed by atoms with van der Waals surface area (Å²) in [4.78, 5) is 15.6. The molecule has 18 heavy (non-hydrogen) atoms. The van der Waals surface area contributed by atoms with Gasteiger partial charge in [0.1, 0.15) is 12.4 Å². The molecule has 2 rings (SSSR count). The lowest BCUT2D eigenvalue weighted by molar-refractivity contribution is -0.120. The van der Waals surface area contributed by atoms with E-state index < -0.39 is 0 Å². The lowest BCUT2D eigenvalue weighted by Gasteiger charge is -2.05. The number of ketones is 1. The molecule has 0 fully saturated rings. The van der Waals surface area contributed by atoms with Gasteiger partial charge in [0.05, 0.1) is 0 Å². The summed E-state index contributed by atoms with van der Waals surface area (Å²) in [5.74, 6) is 0.602. The van der Waals surface area contributed by atoms with Gasteiger partial charge in [0.15, 0.2) is 5.78 Å². The van der Waals surface area contributed by atoms with E-state index in [1.165, 1.54) is 0 Å². The molecule has 3 nitrogen and oxygen atoms in total. The standard InChI is InChI=1S/C14H12ClNO2/c15-12-4-1-5-14(8-12)18-10-13(17)7-11-3-2-6-16-9-11/h1-6,8-9H,7,10H2. The Morgan fingerprint density at radius 3 is 2.89 bits per heavy atom. The summed E-state index contributed by atoms with van der Waals surface area (Å²) >= 11 is 5.82. The summed E-state index contributed by atoms with van der Waals surface area (Å²) < 4.78 is 5.37. The molecule has 2 aromatic rings. The highest BCUT2D eigenvalue weighted by atomic mass is 35.5. The van der Waals surface area contributed by atoms with E-state index in [1.807, 2.05) is 6.07 Å². The highest BCUT2D eigenvalue weighted by molar-refractivity contribution is 6.30. The number of benzene rings is 1. The number of ether oxygens (including phenoxy) is 1. The smallest absolute Gasteiger partial charge is 0.174 e. The van der Waals surface area contributed by atoms with Crippen LogP contribution in [0.3, 0.4) is 0 Å². The third kappa shape index (κ3) is 3.86. The lowest BCUT2D eigenvalue weighted by Crippen LogP contribution is -2.13. The van der Waals surface area contributed by atoms with Crippen LogP contribution in [-0.2, 0) is 11.2 Å². The topological polar surface area (TPSA) is 39.2 Å². The Bertz CT molecular complexity index is 528. The van der Waals surface area contributed by atoms with E-state index in [0.29, 0.717) is 17.2 Å². The van der Waals surface area contributed by atoms with Gasteiger partial charge in [0.2, 0.25) is 0 Å². The van der Waals surface area contributed by atoms with Gasteiger partial charge in [-0.05, 0) is 29.8 Å². The van der Waals surface area contributed by atoms with Gasteiger partial charge in [-0.15, -0.1) is 0 Å². The Hall–Kier alpha value is -1.87. The molecule has 0 unspecified atom stereocenters. The van der Waals surface area contributed by atoms with Crippen LogP contribution in [0.5, 0.6) is 5.75 Å². The maximum absolute atomic E-state index is 11.7. The molecular formula is C14H12ClNO2. The second-order valence-electron chi connectivity index (χ2n) is 3.82. The molecule has 92 valence electrons. The Morgan fingerprint density at radius 1 is 1.28 bits per heavy atom. The van der Waals surface area contributed by atoms with Crippen molar-refractivity contribution in [3.8, 4) is 5.75 Å². The molecule has 1 aromatic carbocycles. The average molecular weight is 262 g/mol. The predicted octanol–water partition coefficient (Wildman–Crippen LogP) is 2.93. The Morgan fingerprint density at radius 2 is 2.17 bits per heavy atom. The van der Waals surface area contributed by atoms with Gasteiger partial charge in [0.25, 0.3) is 0 Å². The third-order valence-corrected chi connectivity index (χ3v) is 2.56. The van der Waals surface area contributed by atoms with E-state index in [9.17, 15) is 4.79 Å².